The first-order valence-corrected chi connectivity index (χ1v) is 6.00. The fraction of sp³-hybridized carbons (Fsp3) is 0.250. The highest BCUT2D eigenvalue weighted by molar-refractivity contribution is 5.95. The Morgan fingerprint density at radius 1 is 1.36 bits per heavy atom. The molecule has 0 saturated carbocycles. The highest BCUT2D eigenvalue weighted by Gasteiger charge is 2.17. The Hall–Kier alpha value is -3.01. The number of nitrogens with one attached hydrogen (secondary N) is 1. The summed E-state index contributed by atoms with van der Waals surface area (Å²) in [4.78, 5) is 42.7. The molecule has 10 nitrogen and oxygen atoms in total. The van der Waals surface area contributed by atoms with E-state index in [1.54, 1.807) is 0 Å². The molecule has 0 aliphatic rings. The number of nitro benzene ring substituents is 1. The SMILES string of the molecule is N[C@@H](CCC(=O)Nc1ccc([N+](=O)[O-])c(C(=O)[O-])c1)C(=O)O. The number of aliphatic carboxylic acids is 1. The Labute approximate surface area is 123 Å². The van der Waals surface area contributed by atoms with Gasteiger partial charge >= 0.3 is 5.97 Å². The molecule has 10 heteroatoms. The minimum Gasteiger partial charge on any atom is -0.545 e. The maximum absolute atomic E-state index is 11.6. The van der Waals surface area contributed by atoms with Crippen LogP contribution in [-0.4, -0.2) is 33.9 Å². The molecule has 0 aromatic heterocycles. The number of carbonyl (C=O) groups is 3. The molecule has 22 heavy (non-hydrogen) atoms. The predicted octanol–water partition coefficient (Wildman–Crippen LogP) is -0.911. The Morgan fingerprint density at radius 2 is 2.00 bits per heavy atom. The summed E-state index contributed by atoms with van der Waals surface area (Å²) in [5, 5.41) is 32.4. The van der Waals surface area contributed by atoms with Crippen LogP contribution < -0.4 is 16.2 Å². The maximum Gasteiger partial charge on any atom is 0.320 e. The van der Waals surface area contributed by atoms with E-state index in [1.807, 2.05) is 0 Å². The number of amides is 1. The van der Waals surface area contributed by atoms with E-state index in [9.17, 15) is 29.6 Å². The molecular formula is C12H12N3O7-. The molecule has 1 amide bonds. The van der Waals surface area contributed by atoms with E-state index in [0.29, 0.717) is 0 Å². The highest BCUT2D eigenvalue weighted by atomic mass is 16.6. The molecule has 0 saturated heterocycles. The summed E-state index contributed by atoms with van der Waals surface area (Å²) in [7, 11) is 0. The van der Waals surface area contributed by atoms with Gasteiger partial charge in [-0.05, 0) is 18.6 Å². The Kier molecular flexibility index (Phi) is 5.52. The Morgan fingerprint density at radius 3 is 2.50 bits per heavy atom. The lowest BCUT2D eigenvalue weighted by atomic mass is 10.1. The van der Waals surface area contributed by atoms with Gasteiger partial charge in [0.1, 0.15) is 6.04 Å². The summed E-state index contributed by atoms with van der Waals surface area (Å²) in [5.41, 5.74) is 3.91. The average molecular weight is 310 g/mol. The lowest BCUT2D eigenvalue weighted by molar-refractivity contribution is -0.385. The number of carboxylic acid groups (broad SMARTS) is 2. The van der Waals surface area contributed by atoms with E-state index in [-0.39, 0.29) is 18.5 Å². The van der Waals surface area contributed by atoms with Crippen molar-refractivity contribution < 1.29 is 29.5 Å². The van der Waals surface area contributed by atoms with Crippen LogP contribution in [0, 0.1) is 10.1 Å². The van der Waals surface area contributed by atoms with Crippen LogP contribution in [0.4, 0.5) is 11.4 Å². The number of nitrogens with two attached hydrogens (primary N) is 1. The van der Waals surface area contributed by atoms with Crippen LogP contribution in [0.3, 0.4) is 0 Å². The van der Waals surface area contributed by atoms with Gasteiger partial charge in [-0.25, -0.2) is 0 Å². The number of rotatable bonds is 7. The third-order valence-corrected chi connectivity index (χ3v) is 2.70. The number of nitrogens with zero attached hydrogens (tertiary/aromatic N) is 1. The normalized spacial score (nSPS) is 11.5. The lowest BCUT2D eigenvalue weighted by Gasteiger charge is -2.10. The van der Waals surface area contributed by atoms with Crippen molar-refractivity contribution in [3.63, 3.8) is 0 Å². The number of anilines is 1. The van der Waals surface area contributed by atoms with Crippen molar-refractivity contribution in [2.45, 2.75) is 18.9 Å². The van der Waals surface area contributed by atoms with Crippen molar-refractivity contribution in [3.8, 4) is 0 Å². The number of nitro groups is 1. The first kappa shape index (κ1) is 17.0. The van der Waals surface area contributed by atoms with Crippen molar-refractivity contribution in [2.24, 2.45) is 5.73 Å². The van der Waals surface area contributed by atoms with Gasteiger partial charge in [0.05, 0.1) is 16.5 Å². The van der Waals surface area contributed by atoms with E-state index in [2.05, 4.69) is 5.32 Å². The summed E-state index contributed by atoms with van der Waals surface area (Å²) in [5.74, 6) is -3.60. The van der Waals surface area contributed by atoms with E-state index in [1.165, 1.54) is 0 Å². The van der Waals surface area contributed by atoms with Gasteiger partial charge in [-0.15, -0.1) is 0 Å². The second kappa shape index (κ2) is 7.13. The van der Waals surface area contributed by atoms with Gasteiger partial charge in [0.15, 0.2) is 0 Å². The molecule has 0 radical (unpaired) electrons. The van der Waals surface area contributed by atoms with E-state index < -0.39 is 40.1 Å². The van der Waals surface area contributed by atoms with Gasteiger partial charge in [0.25, 0.3) is 5.69 Å². The molecule has 0 bridgehead atoms. The summed E-state index contributed by atoms with van der Waals surface area (Å²) in [6.07, 6.45) is -0.313. The third-order valence-electron chi connectivity index (χ3n) is 2.70. The molecule has 1 atom stereocenters. The van der Waals surface area contributed by atoms with Crippen LogP contribution in [0.1, 0.15) is 23.2 Å². The van der Waals surface area contributed by atoms with Crippen molar-refractivity contribution in [1.29, 1.82) is 0 Å². The minimum absolute atomic E-state index is 0.0127. The van der Waals surface area contributed by atoms with Crippen molar-refractivity contribution >= 4 is 29.2 Å². The monoisotopic (exact) mass is 310 g/mol. The Bertz CT molecular complexity index is 629. The van der Waals surface area contributed by atoms with Crippen LogP contribution in [0.15, 0.2) is 18.2 Å². The molecule has 0 unspecified atom stereocenters. The third kappa shape index (κ3) is 4.52. The van der Waals surface area contributed by atoms with Gasteiger partial charge in [0, 0.05) is 18.2 Å². The number of hydrogen-bond donors (Lipinski definition) is 3. The molecule has 1 rings (SSSR count). The fourth-order valence-electron chi connectivity index (χ4n) is 1.57. The largest absolute Gasteiger partial charge is 0.545 e. The molecule has 0 spiro atoms. The van der Waals surface area contributed by atoms with Crippen LogP contribution in [0.5, 0.6) is 0 Å². The van der Waals surface area contributed by atoms with Crippen molar-refractivity contribution in [3.05, 3.63) is 33.9 Å². The predicted molar refractivity (Wildman–Crippen MR) is 70.9 cm³/mol. The number of benzene rings is 1. The summed E-state index contributed by atoms with van der Waals surface area (Å²) in [6, 6.07) is 1.77. The molecular weight excluding hydrogens is 298 g/mol. The second-order valence-electron chi connectivity index (χ2n) is 4.31. The van der Waals surface area contributed by atoms with Crippen molar-refractivity contribution in [2.75, 3.05) is 5.32 Å². The zero-order valence-electron chi connectivity index (χ0n) is 11.1. The minimum atomic E-state index is -1.75. The quantitative estimate of drug-likeness (QED) is 0.428. The number of carbonyl (C=O) groups excluding carboxylic acids is 2. The number of hydrogen-bond acceptors (Lipinski definition) is 7. The van der Waals surface area contributed by atoms with Crippen LogP contribution in [-0.2, 0) is 9.59 Å². The molecule has 1 aromatic carbocycles. The van der Waals surface area contributed by atoms with Crippen LogP contribution >= 0.6 is 0 Å². The zero-order valence-corrected chi connectivity index (χ0v) is 11.1. The summed E-state index contributed by atoms with van der Waals surface area (Å²) < 4.78 is 0. The molecule has 0 aliphatic heterocycles. The molecule has 0 aliphatic carbocycles. The molecule has 0 heterocycles. The first-order valence-electron chi connectivity index (χ1n) is 6.00. The number of aromatic carboxylic acids is 1. The molecule has 0 fully saturated rings. The van der Waals surface area contributed by atoms with Gasteiger partial charge in [0.2, 0.25) is 5.91 Å². The summed E-state index contributed by atoms with van der Waals surface area (Å²) in [6.45, 7) is 0. The fourth-order valence-corrected chi connectivity index (χ4v) is 1.57. The number of carboxylic acids is 2. The van der Waals surface area contributed by atoms with E-state index >= 15 is 0 Å². The van der Waals surface area contributed by atoms with Gasteiger partial charge in [-0.3, -0.25) is 19.7 Å². The molecule has 4 N–H and O–H groups in total. The van der Waals surface area contributed by atoms with Gasteiger partial charge in [-0.1, -0.05) is 0 Å². The van der Waals surface area contributed by atoms with Crippen LogP contribution in [0.2, 0.25) is 0 Å². The standard InChI is InChI=1S/C12H13N3O7/c13-8(12(19)20)2-4-10(16)14-6-1-3-9(15(21)22)7(5-6)11(17)18/h1,3,5,8H,2,4,13H2,(H,14,16)(H,17,18)(H,19,20)/p-1/t8-/m0/s1. The molecule has 1 aromatic rings. The highest BCUT2D eigenvalue weighted by Crippen LogP contribution is 2.22. The molecule has 118 valence electrons. The van der Waals surface area contributed by atoms with Crippen molar-refractivity contribution in [1.82, 2.24) is 0 Å². The summed E-state index contributed by atoms with van der Waals surface area (Å²) >= 11 is 0. The van der Waals surface area contributed by atoms with E-state index in [0.717, 1.165) is 18.2 Å². The lowest BCUT2D eigenvalue weighted by Crippen LogP contribution is -2.31. The van der Waals surface area contributed by atoms with Crippen LogP contribution in [0.25, 0.3) is 0 Å². The van der Waals surface area contributed by atoms with Gasteiger partial charge in [-0.2, -0.15) is 0 Å². The topological polar surface area (TPSA) is 176 Å². The average Bonchev–Trinajstić information content (AvgIpc) is 2.44. The maximum atomic E-state index is 11.6. The smallest absolute Gasteiger partial charge is 0.320 e. The first-order chi connectivity index (χ1) is 10.2. The van der Waals surface area contributed by atoms with E-state index in [4.69, 9.17) is 10.8 Å². The Balaban J connectivity index is 2.80. The second-order valence-corrected chi connectivity index (χ2v) is 4.31. The zero-order chi connectivity index (χ0) is 16.9. The van der Waals surface area contributed by atoms with Gasteiger partial charge < -0.3 is 26.1 Å².